The van der Waals surface area contributed by atoms with Gasteiger partial charge in [-0.3, -0.25) is 0 Å². The van der Waals surface area contributed by atoms with Gasteiger partial charge in [0.05, 0.1) is 17.1 Å². The lowest BCUT2D eigenvalue weighted by molar-refractivity contribution is 0.334. The number of hydrogen-bond acceptors (Lipinski definition) is 6. The lowest BCUT2D eigenvalue weighted by atomic mass is 9.89. The van der Waals surface area contributed by atoms with Crippen LogP contribution in [0.2, 0.25) is 5.02 Å². The molecule has 0 amide bonds. The second kappa shape index (κ2) is 7.03. The molecule has 5 nitrogen and oxygen atoms in total. The average molecular weight is 371 g/mol. The van der Waals surface area contributed by atoms with Gasteiger partial charge in [-0.2, -0.15) is 5.26 Å². The van der Waals surface area contributed by atoms with Gasteiger partial charge in [0.2, 0.25) is 5.89 Å². The first-order valence-corrected chi connectivity index (χ1v) is 9.44. The second-order valence-corrected chi connectivity index (χ2v) is 7.53. The molecule has 0 N–H and O–H groups in total. The Balaban J connectivity index is 1.61. The number of halogens is 1. The quantitative estimate of drug-likeness (QED) is 0.619. The molecule has 2 aromatic heterocycles. The van der Waals surface area contributed by atoms with Crippen LogP contribution in [0.3, 0.4) is 0 Å². The fourth-order valence-corrected chi connectivity index (χ4v) is 4.06. The molecule has 3 aromatic rings. The zero-order chi connectivity index (χ0) is 17.2. The van der Waals surface area contributed by atoms with Crippen molar-refractivity contribution in [2.24, 2.45) is 0 Å². The Morgan fingerprint density at radius 2 is 2.00 bits per heavy atom. The SMILES string of the molecule is N#Cc1cc(Sc2nnc(C3CCCCC3)o2)nc2ccc(Cl)cc12. The molecule has 4 rings (SSSR count). The van der Waals surface area contributed by atoms with Crippen molar-refractivity contribution < 1.29 is 4.42 Å². The largest absolute Gasteiger partial charge is 0.415 e. The molecule has 7 heteroatoms. The summed E-state index contributed by atoms with van der Waals surface area (Å²) in [6.07, 6.45) is 5.94. The summed E-state index contributed by atoms with van der Waals surface area (Å²) in [6.45, 7) is 0. The standard InChI is InChI=1S/C18H15ClN4OS/c19-13-6-7-15-14(9-13)12(10-20)8-16(21-15)25-18-23-22-17(24-18)11-4-2-1-3-5-11/h6-9,11H,1-5H2. The highest BCUT2D eigenvalue weighted by molar-refractivity contribution is 7.99. The summed E-state index contributed by atoms with van der Waals surface area (Å²) in [7, 11) is 0. The summed E-state index contributed by atoms with van der Waals surface area (Å²) in [5.41, 5.74) is 1.25. The summed E-state index contributed by atoms with van der Waals surface area (Å²) < 4.78 is 5.83. The van der Waals surface area contributed by atoms with Gasteiger partial charge in [0.1, 0.15) is 5.03 Å². The molecule has 0 atom stereocenters. The van der Waals surface area contributed by atoms with E-state index < -0.39 is 0 Å². The van der Waals surface area contributed by atoms with E-state index in [4.69, 9.17) is 16.0 Å². The second-order valence-electron chi connectivity index (χ2n) is 6.12. The third-order valence-corrected chi connectivity index (χ3v) is 5.43. The van der Waals surface area contributed by atoms with Gasteiger partial charge in [-0.15, -0.1) is 10.2 Å². The molecule has 0 saturated heterocycles. The highest BCUT2D eigenvalue weighted by atomic mass is 35.5. The van der Waals surface area contributed by atoms with Crippen molar-refractivity contribution in [1.29, 1.82) is 5.26 Å². The highest BCUT2D eigenvalue weighted by Crippen LogP contribution is 2.35. The summed E-state index contributed by atoms with van der Waals surface area (Å²) in [5.74, 6) is 1.09. The molecular formula is C18H15ClN4OS. The third kappa shape index (κ3) is 3.48. The van der Waals surface area contributed by atoms with Crippen LogP contribution in [0.4, 0.5) is 0 Å². The molecular weight excluding hydrogens is 356 g/mol. The smallest absolute Gasteiger partial charge is 0.282 e. The van der Waals surface area contributed by atoms with Gasteiger partial charge in [-0.1, -0.05) is 30.9 Å². The zero-order valence-electron chi connectivity index (χ0n) is 13.4. The molecule has 25 heavy (non-hydrogen) atoms. The molecule has 0 radical (unpaired) electrons. The molecule has 1 saturated carbocycles. The minimum atomic E-state index is 0.372. The molecule has 1 aliphatic rings. The average Bonchev–Trinajstić information content (AvgIpc) is 3.10. The number of hydrogen-bond donors (Lipinski definition) is 0. The molecule has 1 fully saturated rings. The Morgan fingerprint density at radius 1 is 1.16 bits per heavy atom. The summed E-state index contributed by atoms with van der Waals surface area (Å²) in [6, 6.07) is 9.26. The van der Waals surface area contributed by atoms with Crippen LogP contribution in [0.15, 0.2) is 38.9 Å². The van der Waals surface area contributed by atoms with Gasteiger partial charge >= 0.3 is 0 Å². The van der Waals surface area contributed by atoms with E-state index in [1.54, 1.807) is 18.2 Å². The van der Waals surface area contributed by atoms with Crippen molar-refractivity contribution in [3.05, 3.63) is 40.7 Å². The summed E-state index contributed by atoms with van der Waals surface area (Å²) >= 11 is 7.30. The van der Waals surface area contributed by atoms with E-state index in [0.29, 0.717) is 26.8 Å². The Morgan fingerprint density at radius 3 is 2.80 bits per heavy atom. The van der Waals surface area contributed by atoms with Crippen molar-refractivity contribution >= 4 is 34.3 Å². The number of fused-ring (bicyclic) bond motifs is 1. The fraction of sp³-hybridized carbons (Fsp3) is 0.333. The van der Waals surface area contributed by atoms with Gasteiger partial charge in [-0.05, 0) is 48.9 Å². The minimum absolute atomic E-state index is 0.372. The van der Waals surface area contributed by atoms with Crippen LogP contribution in [0.1, 0.15) is 49.5 Å². The van der Waals surface area contributed by atoms with Crippen molar-refractivity contribution in [2.45, 2.75) is 48.3 Å². The van der Waals surface area contributed by atoms with Crippen molar-refractivity contribution in [2.75, 3.05) is 0 Å². The van der Waals surface area contributed by atoms with E-state index in [1.807, 2.05) is 6.07 Å². The Kier molecular flexibility index (Phi) is 4.60. The molecule has 0 unspecified atom stereocenters. The van der Waals surface area contributed by atoms with E-state index in [-0.39, 0.29) is 0 Å². The summed E-state index contributed by atoms with van der Waals surface area (Å²) in [5, 5.41) is 20.2. The van der Waals surface area contributed by atoms with Crippen molar-refractivity contribution in [3.63, 3.8) is 0 Å². The summed E-state index contributed by atoms with van der Waals surface area (Å²) in [4.78, 5) is 4.57. The van der Waals surface area contributed by atoms with Crippen LogP contribution in [0, 0.1) is 11.3 Å². The maximum atomic E-state index is 9.41. The zero-order valence-corrected chi connectivity index (χ0v) is 15.0. The van der Waals surface area contributed by atoms with Crippen LogP contribution in [-0.4, -0.2) is 15.2 Å². The van der Waals surface area contributed by atoms with Gasteiger partial charge in [-0.25, -0.2) is 4.98 Å². The first kappa shape index (κ1) is 16.4. The van der Waals surface area contributed by atoms with E-state index in [9.17, 15) is 5.26 Å². The number of rotatable bonds is 3. The number of benzene rings is 1. The maximum absolute atomic E-state index is 9.41. The first-order chi connectivity index (χ1) is 12.2. The lowest BCUT2D eigenvalue weighted by Crippen LogP contribution is -2.04. The van der Waals surface area contributed by atoms with Gasteiger partial charge < -0.3 is 4.42 Å². The normalized spacial score (nSPS) is 15.4. The number of pyridine rings is 1. The molecule has 126 valence electrons. The minimum Gasteiger partial charge on any atom is -0.415 e. The van der Waals surface area contributed by atoms with Crippen LogP contribution < -0.4 is 0 Å². The molecule has 2 heterocycles. The topological polar surface area (TPSA) is 75.6 Å². The Bertz CT molecular complexity index is 959. The lowest BCUT2D eigenvalue weighted by Gasteiger charge is -2.17. The first-order valence-electron chi connectivity index (χ1n) is 8.24. The van der Waals surface area contributed by atoms with Crippen LogP contribution in [0.25, 0.3) is 10.9 Å². The van der Waals surface area contributed by atoms with Crippen LogP contribution in [0.5, 0.6) is 0 Å². The third-order valence-electron chi connectivity index (χ3n) is 4.44. The van der Waals surface area contributed by atoms with E-state index in [0.717, 1.165) is 29.6 Å². The van der Waals surface area contributed by atoms with Crippen LogP contribution >= 0.6 is 23.4 Å². The Hall–Kier alpha value is -2.10. The Labute approximate surface area is 154 Å². The van der Waals surface area contributed by atoms with E-state index >= 15 is 0 Å². The molecule has 0 spiro atoms. The van der Waals surface area contributed by atoms with Crippen LogP contribution in [-0.2, 0) is 0 Å². The number of nitrogens with zero attached hydrogens (tertiary/aromatic N) is 4. The van der Waals surface area contributed by atoms with Crippen molar-refractivity contribution in [3.8, 4) is 6.07 Å². The van der Waals surface area contributed by atoms with Gasteiger partial charge in [0.25, 0.3) is 5.22 Å². The maximum Gasteiger partial charge on any atom is 0.282 e. The molecule has 1 aromatic carbocycles. The highest BCUT2D eigenvalue weighted by Gasteiger charge is 2.22. The predicted octanol–water partition coefficient (Wildman–Crippen LogP) is 5.34. The molecule has 0 bridgehead atoms. The van der Waals surface area contributed by atoms with E-state index in [2.05, 4.69) is 21.3 Å². The molecule has 1 aliphatic carbocycles. The van der Waals surface area contributed by atoms with Crippen molar-refractivity contribution in [1.82, 2.24) is 15.2 Å². The number of nitriles is 1. The van der Waals surface area contributed by atoms with Gasteiger partial charge in [0.15, 0.2) is 0 Å². The number of aromatic nitrogens is 3. The van der Waals surface area contributed by atoms with Gasteiger partial charge in [0, 0.05) is 16.3 Å². The van der Waals surface area contributed by atoms with E-state index in [1.165, 1.54) is 31.0 Å². The fourth-order valence-electron chi connectivity index (χ4n) is 3.18. The molecule has 0 aliphatic heterocycles. The monoisotopic (exact) mass is 370 g/mol. The predicted molar refractivity (Wildman–Crippen MR) is 95.7 cm³/mol.